The monoisotopic (exact) mass is 351 g/mol. The Labute approximate surface area is 151 Å². The summed E-state index contributed by atoms with van der Waals surface area (Å²) < 4.78 is 0. The van der Waals surface area contributed by atoms with Crippen molar-refractivity contribution in [3.8, 4) is 0 Å². The predicted molar refractivity (Wildman–Crippen MR) is 97.4 cm³/mol. The van der Waals surface area contributed by atoms with E-state index in [1.165, 1.54) is 0 Å². The van der Waals surface area contributed by atoms with Crippen molar-refractivity contribution in [3.05, 3.63) is 82.0 Å². The van der Waals surface area contributed by atoms with E-state index in [0.717, 1.165) is 22.4 Å². The smallest absolute Gasteiger partial charge is 0.225 e. The van der Waals surface area contributed by atoms with Gasteiger partial charge in [0.1, 0.15) is 0 Å². The van der Waals surface area contributed by atoms with Crippen LogP contribution in [0.2, 0.25) is 5.02 Å². The van der Waals surface area contributed by atoms with Crippen LogP contribution >= 0.6 is 11.6 Å². The van der Waals surface area contributed by atoms with E-state index in [0.29, 0.717) is 24.3 Å². The van der Waals surface area contributed by atoms with Gasteiger partial charge in [0.05, 0.1) is 0 Å². The van der Waals surface area contributed by atoms with Gasteiger partial charge >= 0.3 is 0 Å². The number of carbonyl (C=O) groups excluding carboxylic acids is 2. The number of allylic oxidation sites excluding steroid dienone is 2. The Hall–Kier alpha value is -2.39. The molecule has 3 nitrogen and oxygen atoms in total. The second-order valence-electron chi connectivity index (χ2n) is 6.66. The van der Waals surface area contributed by atoms with Crippen molar-refractivity contribution in [2.75, 3.05) is 0 Å². The molecule has 25 heavy (non-hydrogen) atoms. The van der Waals surface area contributed by atoms with Gasteiger partial charge in [-0.25, -0.2) is 0 Å². The first kappa shape index (κ1) is 16.1. The summed E-state index contributed by atoms with van der Waals surface area (Å²) in [5, 5.41) is 3.62. The molecule has 4 rings (SSSR count). The average Bonchev–Trinajstić information content (AvgIpc) is 2.61. The van der Waals surface area contributed by atoms with Crippen molar-refractivity contribution in [1.82, 2.24) is 5.32 Å². The number of hydrogen-bond donors (Lipinski definition) is 1. The van der Waals surface area contributed by atoms with Crippen LogP contribution in [0.3, 0.4) is 0 Å². The topological polar surface area (TPSA) is 46.2 Å². The van der Waals surface area contributed by atoms with Crippen molar-refractivity contribution in [2.45, 2.75) is 31.1 Å². The van der Waals surface area contributed by atoms with E-state index in [2.05, 4.69) is 5.32 Å². The third-order valence-electron chi connectivity index (χ3n) is 5.08. The maximum Gasteiger partial charge on any atom is 0.225 e. The van der Waals surface area contributed by atoms with Crippen LogP contribution in [-0.2, 0) is 9.59 Å². The third-order valence-corrected chi connectivity index (χ3v) is 5.43. The second-order valence-corrected chi connectivity index (χ2v) is 7.06. The lowest BCUT2D eigenvalue weighted by atomic mass is 9.73. The van der Waals surface area contributed by atoms with Gasteiger partial charge in [-0.3, -0.25) is 9.59 Å². The fourth-order valence-electron chi connectivity index (χ4n) is 3.96. The lowest BCUT2D eigenvalue weighted by Gasteiger charge is -2.34. The van der Waals surface area contributed by atoms with E-state index >= 15 is 0 Å². The molecule has 0 saturated carbocycles. The number of Topliss-reactive ketones (excluding diaryl/α,β-unsaturated/α-hetero) is 1. The molecule has 1 aliphatic heterocycles. The van der Waals surface area contributed by atoms with Crippen molar-refractivity contribution in [1.29, 1.82) is 0 Å². The highest BCUT2D eigenvalue weighted by atomic mass is 35.5. The minimum atomic E-state index is -0.148. The van der Waals surface area contributed by atoms with Crippen LogP contribution in [0, 0.1) is 0 Å². The van der Waals surface area contributed by atoms with Gasteiger partial charge in [-0.1, -0.05) is 60.1 Å². The molecule has 2 aliphatic rings. The van der Waals surface area contributed by atoms with Crippen LogP contribution in [0.4, 0.5) is 0 Å². The first-order valence-corrected chi connectivity index (χ1v) is 8.86. The second kappa shape index (κ2) is 6.49. The minimum Gasteiger partial charge on any atom is -0.329 e. The number of ketones is 1. The maximum absolute atomic E-state index is 13.0. The zero-order chi connectivity index (χ0) is 17.4. The first-order chi connectivity index (χ1) is 12.1. The molecule has 2 aromatic rings. The Balaban J connectivity index is 1.73. The Bertz CT molecular complexity index is 872. The van der Waals surface area contributed by atoms with E-state index in [9.17, 15) is 9.59 Å². The van der Waals surface area contributed by atoms with Crippen molar-refractivity contribution in [2.24, 2.45) is 0 Å². The summed E-state index contributed by atoms with van der Waals surface area (Å²) in [5.74, 6) is -0.0559. The van der Waals surface area contributed by atoms with E-state index in [1.807, 2.05) is 54.6 Å². The summed E-state index contributed by atoms with van der Waals surface area (Å²) in [7, 11) is 0. The van der Waals surface area contributed by atoms with Crippen LogP contribution in [0.15, 0.2) is 65.9 Å². The Morgan fingerprint density at radius 1 is 0.880 bits per heavy atom. The van der Waals surface area contributed by atoms with E-state index in [-0.39, 0.29) is 23.5 Å². The van der Waals surface area contributed by atoms with Crippen LogP contribution in [0.1, 0.15) is 42.2 Å². The number of amides is 1. The lowest BCUT2D eigenvalue weighted by Crippen LogP contribution is -2.38. The third kappa shape index (κ3) is 3.00. The molecule has 1 aliphatic carbocycles. The zero-order valence-electron chi connectivity index (χ0n) is 13.7. The Kier molecular flexibility index (Phi) is 4.18. The van der Waals surface area contributed by atoms with E-state index < -0.39 is 0 Å². The first-order valence-electron chi connectivity index (χ1n) is 8.49. The number of benzene rings is 2. The summed E-state index contributed by atoms with van der Waals surface area (Å²) in [6.07, 6.45) is 1.40. The molecule has 1 amide bonds. The molecule has 0 spiro atoms. The molecule has 1 heterocycles. The summed E-state index contributed by atoms with van der Waals surface area (Å²) in [6.45, 7) is 0. The average molecular weight is 352 g/mol. The van der Waals surface area contributed by atoms with Gasteiger partial charge in [-0.15, -0.1) is 0 Å². The Morgan fingerprint density at radius 3 is 2.36 bits per heavy atom. The highest BCUT2D eigenvalue weighted by molar-refractivity contribution is 6.31. The maximum atomic E-state index is 13.0. The van der Waals surface area contributed by atoms with Crippen molar-refractivity contribution < 1.29 is 9.59 Å². The lowest BCUT2D eigenvalue weighted by molar-refractivity contribution is -0.122. The van der Waals surface area contributed by atoms with Gasteiger partial charge in [-0.2, -0.15) is 0 Å². The standard InChI is InChI=1S/C21H18ClNO2/c22-17-9-5-4-8-15(17)14-10-18-21(19(24)11-14)16(12-20(25)23-18)13-6-2-1-3-7-13/h1-9,14,16H,10-12H2,(H,23,25)/t14-,16-/m1/s1. The number of carbonyl (C=O) groups is 2. The largest absolute Gasteiger partial charge is 0.329 e. The molecule has 4 heteroatoms. The van der Waals surface area contributed by atoms with Crippen molar-refractivity contribution >= 4 is 23.3 Å². The van der Waals surface area contributed by atoms with Crippen LogP contribution in [-0.4, -0.2) is 11.7 Å². The fourth-order valence-corrected chi connectivity index (χ4v) is 4.25. The van der Waals surface area contributed by atoms with E-state index in [1.54, 1.807) is 0 Å². The quantitative estimate of drug-likeness (QED) is 0.874. The number of rotatable bonds is 2. The Morgan fingerprint density at radius 2 is 1.60 bits per heavy atom. The highest BCUT2D eigenvalue weighted by Gasteiger charge is 2.38. The molecular weight excluding hydrogens is 334 g/mol. The molecule has 2 aromatic carbocycles. The summed E-state index contributed by atoms with van der Waals surface area (Å²) in [4.78, 5) is 25.2. The van der Waals surface area contributed by atoms with E-state index in [4.69, 9.17) is 11.6 Å². The molecule has 126 valence electrons. The molecule has 2 atom stereocenters. The zero-order valence-corrected chi connectivity index (χ0v) is 14.4. The molecule has 0 unspecified atom stereocenters. The fraction of sp³-hybridized carbons (Fsp3) is 0.238. The SMILES string of the molecule is O=C1C[C@H](c2ccccc2)C2=C(C[C@@H](c3ccccc3Cl)CC2=O)N1. The number of halogens is 1. The van der Waals surface area contributed by atoms with Crippen LogP contribution in [0.5, 0.6) is 0 Å². The predicted octanol–water partition coefficient (Wildman–Crippen LogP) is 4.34. The van der Waals surface area contributed by atoms with Gasteiger partial charge in [0.15, 0.2) is 5.78 Å². The van der Waals surface area contributed by atoms with Crippen LogP contribution < -0.4 is 5.32 Å². The number of hydrogen-bond acceptors (Lipinski definition) is 2. The summed E-state index contributed by atoms with van der Waals surface area (Å²) >= 11 is 6.32. The molecule has 0 fully saturated rings. The normalized spacial score (nSPS) is 23.2. The van der Waals surface area contributed by atoms with Crippen molar-refractivity contribution in [3.63, 3.8) is 0 Å². The summed E-state index contributed by atoms with van der Waals surface area (Å²) in [6, 6.07) is 17.4. The number of nitrogens with one attached hydrogen (secondary N) is 1. The van der Waals surface area contributed by atoms with Gasteiger partial charge in [-0.05, 0) is 29.5 Å². The van der Waals surface area contributed by atoms with Gasteiger partial charge in [0, 0.05) is 35.1 Å². The molecule has 0 radical (unpaired) electrons. The molecule has 1 N–H and O–H groups in total. The summed E-state index contributed by atoms with van der Waals surface area (Å²) in [5.41, 5.74) is 3.54. The van der Waals surface area contributed by atoms with Gasteiger partial charge in [0.25, 0.3) is 0 Å². The van der Waals surface area contributed by atoms with Gasteiger partial charge in [0.2, 0.25) is 5.91 Å². The minimum absolute atomic E-state index is 0.00905. The van der Waals surface area contributed by atoms with Gasteiger partial charge < -0.3 is 5.32 Å². The highest BCUT2D eigenvalue weighted by Crippen LogP contribution is 2.43. The van der Waals surface area contributed by atoms with Crippen LogP contribution in [0.25, 0.3) is 0 Å². The molecule has 0 bridgehead atoms. The molecule has 0 aromatic heterocycles. The molecular formula is C21H18ClNO2. The molecule has 0 saturated heterocycles.